The number of amides is 1. The molecule has 0 bridgehead atoms. The average molecular weight is 350 g/mol. The van der Waals surface area contributed by atoms with Gasteiger partial charge >= 0.3 is 0 Å². The Hall–Kier alpha value is -2.43. The van der Waals surface area contributed by atoms with E-state index in [2.05, 4.69) is 33.8 Å². The quantitative estimate of drug-likeness (QED) is 0.712. The minimum atomic E-state index is -0.0389. The van der Waals surface area contributed by atoms with E-state index in [1.54, 1.807) is 11.3 Å². The normalized spacial score (nSPS) is 12.1. The third kappa shape index (κ3) is 4.35. The maximum Gasteiger partial charge on any atom is 0.251 e. The number of rotatable bonds is 6. The van der Waals surface area contributed by atoms with Gasteiger partial charge in [-0.3, -0.25) is 4.79 Å². The summed E-state index contributed by atoms with van der Waals surface area (Å²) >= 11 is 1.71. The number of carbonyl (C=O) groups excluding carboxylic acids is 1. The topological polar surface area (TPSA) is 32.3 Å². The van der Waals surface area contributed by atoms with E-state index >= 15 is 0 Å². The van der Waals surface area contributed by atoms with Crippen molar-refractivity contribution in [1.29, 1.82) is 0 Å². The van der Waals surface area contributed by atoms with E-state index in [-0.39, 0.29) is 11.9 Å². The van der Waals surface area contributed by atoms with Gasteiger partial charge in [0.1, 0.15) is 0 Å². The van der Waals surface area contributed by atoms with Crippen LogP contribution in [-0.2, 0) is 0 Å². The molecular formula is C21H22N2OS. The first-order chi connectivity index (χ1) is 12.1. The molecule has 1 amide bonds. The molecule has 3 rings (SSSR count). The first-order valence-electron chi connectivity index (χ1n) is 8.28. The second kappa shape index (κ2) is 8.10. The number of carbonyl (C=O) groups is 1. The van der Waals surface area contributed by atoms with E-state index in [1.165, 1.54) is 4.88 Å². The molecule has 0 aliphatic carbocycles. The molecule has 3 nitrogen and oxygen atoms in total. The van der Waals surface area contributed by atoms with Crippen LogP contribution in [0.25, 0.3) is 11.1 Å². The zero-order valence-corrected chi connectivity index (χ0v) is 15.3. The highest BCUT2D eigenvalue weighted by Crippen LogP contribution is 2.23. The smallest absolute Gasteiger partial charge is 0.251 e. The third-order valence-corrected chi connectivity index (χ3v) is 5.18. The van der Waals surface area contributed by atoms with Crippen LogP contribution in [0.1, 0.15) is 21.3 Å². The molecule has 0 spiro atoms. The predicted octanol–water partition coefficient (Wildman–Crippen LogP) is 4.45. The highest BCUT2D eigenvalue weighted by Gasteiger charge is 2.16. The molecule has 0 aliphatic heterocycles. The van der Waals surface area contributed by atoms with Crippen LogP contribution in [0.2, 0.25) is 0 Å². The van der Waals surface area contributed by atoms with Gasteiger partial charge in [0.2, 0.25) is 0 Å². The molecule has 2 aromatic carbocycles. The molecule has 1 unspecified atom stereocenters. The van der Waals surface area contributed by atoms with Gasteiger partial charge in [0.05, 0.1) is 6.04 Å². The summed E-state index contributed by atoms with van der Waals surface area (Å²) in [5, 5.41) is 5.12. The molecule has 25 heavy (non-hydrogen) atoms. The number of thiophene rings is 1. The monoisotopic (exact) mass is 350 g/mol. The Morgan fingerprint density at radius 3 is 2.24 bits per heavy atom. The lowest BCUT2D eigenvalue weighted by Gasteiger charge is -2.23. The minimum Gasteiger partial charge on any atom is -0.350 e. The SMILES string of the molecule is CN(C)C(CNC(=O)c1ccc(-c2ccccc2)cc1)c1cccs1. The highest BCUT2D eigenvalue weighted by atomic mass is 32.1. The molecule has 1 aromatic heterocycles. The summed E-state index contributed by atoms with van der Waals surface area (Å²) in [7, 11) is 4.07. The summed E-state index contributed by atoms with van der Waals surface area (Å²) in [5.41, 5.74) is 2.95. The van der Waals surface area contributed by atoms with Gasteiger partial charge in [-0.25, -0.2) is 0 Å². The number of benzene rings is 2. The van der Waals surface area contributed by atoms with E-state index in [0.29, 0.717) is 12.1 Å². The molecule has 0 fully saturated rings. The Labute approximate surface area is 152 Å². The van der Waals surface area contributed by atoms with Crippen molar-refractivity contribution in [3.8, 4) is 11.1 Å². The van der Waals surface area contributed by atoms with Crippen LogP contribution in [0.4, 0.5) is 0 Å². The highest BCUT2D eigenvalue weighted by molar-refractivity contribution is 7.10. The molecular weight excluding hydrogens is 328 g/mol. The van der Waals surface area contributed by atoms with E-state index in [9.17, 15) is 4.79 Å². The standard InChI is InChI=1S/C21H22N2OS/c1-23(2)19(20-9-6-14-25-20)15-22-21(24)18-12-10-17(11-13-18)16-7-4-3-5-8-16/h3-14,19H,15H2,1-2H3,(H,22,24). The average Bonchev–Trinajstić information content (AvgIpc) is 3.16. The molecule has 1 heterocycles. The van der Waals surface area contributed by atoms with E-state index in [1.807, 2.05) is 62.6 Å². The van der Waals surface area contributed by atoms with Crippen molar-refractivity contribution >= 4 is 17.2 Å². The first kappa shape index (κ1) is 17.4. The Kier molecular flexibility index (Phi) is 5.64. The summed E-state index contributed by atoms with van der Waals surface area (Å²) < 4.78 is 0. The van der Waals surface area contributed by atoms with Gasteiger partial charge < -0.3 is 10.2 Å². The van der Waals surface area contributed by atoms with Gasteiger partial charge in [-0.05, 0) is 48.8 Å². The zero-order valence-electron chi connectivity index (χ0n) is 14.5. The van der Waals surface area contributed by atoms with Gasteiger partial charge in [-0.15, -0.1) is 11.3 Å². The molecule has 1 N–H and O–H groups in total. The van der Waals surface area contributed by atoms with Crippen molar-refractivity contribution in [2.45, 2.75) is 6.04 Å². The van der Waals surface area contributed by atoms with Crippen LogP contribution in [-0.4, -0.2) is 31.4 Å². The summed E-state index contributed by atoms with van der Waals surface area (Å²) in [6, 6.07) is 22.3. The van der Waals surface area contributed by atoms with Gasteiger partial charge in [0.15, 0.2) is 0 Å². The number of hydrogen-bond acceptors (Lipinski definition) is 3. The summed E-state index contributed by atoms with van der Waals surface area (Å²) in [6.07, 6.45) is 0. The van der Waals surface area contributed by atoms with Crippen molar-refractivity contribution in [1.82, 2.24) is 10.2 Å². The maximum atomic E-state index is 12.5. The third-order valence-electron chi connectivity index (χ3n) is 4.21. The molecule has 4 heteroatoms. The van der Waals surface area contributed by atoms with Gasteiger partial charge in [-0.2, -0.15) is 0 Å². The minimum absolute atomic E-state index is 0.0389. The lowest BCUT2D eigenvalue weighted by molar-refractivity contribution is 0.0942. The largest absolute Gasteiger partial charge is 0.350 e. The van der Waals surface area contributed by atoms with Crippen molar-refractivity contribution in [3.63, 3.8) is 0 Å². The Bertz CT molecular complexity index is 796. The van der Waals surface area contributed by atoms with Crippen molar-refractivity contribution in [2.75, 3.05) is 20.6 Å². The molecule has 0 radical (unpaired) electrons. The molecule has 3 aromatic rings. The van der Waals surface area contributed by atoms with Crippen LogP contribution in [0.5, 0.6) is 0 Å². The lowest BCUT2D eigenvalue weighted by atomic mass is 10.0. The van der Waals surface area contributed by atoms with Crippen LogP contribution in [0.3, 0.4) is 0 Å². The van der Waals surface area contributed by atoms with E-state index < -0.39 is 0 Å². The van der Waals surface area contributed by atoms with Crippen LogP contribution in [0, 0.1) is 0 Å². The Balaban J connectivity index is 1.65. The second-order valence-electron chi connectivity index (χ2n) is 6.15. The van der Waals surface area contributed by atoms with Gasteiger partial charge in [-0.1, -0.05) is 48.5 Å². The molecule has 0 saturated heterocycles. The Morgan fingerprint density at radius 1 is 0.960 bits per heavy atom. The number of hydrogen-bond donors (Lipinski definition) is 1. The molecule has 0 saturated carbocycles. The first-order valence-corrected chi connectivity index (χ1v) is 9.16. The summed E-state index contributed by atoms with van der Waals surface area (Å²) in [5.74, 6) is -0.0389. The fourth-order valence-corrected chi connectivity index (χ4v) is 3.68. The van der Waals surface area contributed by atoms with Gasteiger partial charge in [0.25, 0.3) is 5.91 Å². The fourth-order valence-electron chi connectivity index (χ4n) is 2.75. The zero-order chi connectivity index (χ0) is 17.6. The van der Waals surface area contributed by atoms with Crippen molar-refractivity contribution < 1.29 is 4.79 Å². The van der Waals surface area contributed by atoms with Crippen LogP contribution < -0.4 is 5.32 Å². The summed E-state index contributed by atoms with van der Waals surface area (Å²) in [6.45, 7) is 0.590. The maximum absolute atomic E-state index is 12.5. The van der Waals surface area contributed by atoms with Crippen LogP contribution in [0.15, 0.2) is 72.1 Å². The summed E-state index contributed by atoms with van der Waals surface area (Å²) in [4.78, 5) is 15.8. The number of nitrogens with one attached hydrogen (secondary N) is 1. The van der Waals surface area contributed by atoms with E-state index in [0.717, 1.165) is 11.1 Å². The predicted molar refractivity (Wildman–Crippen MR) is 105 cm³/mol. The molecule has 128 valence electrons. The number of likely N-dealkylation sites (N-methyl/N-ethyl adjacent to an activating group) is 1. The van der Waals surface area contributed by atoms with Gasteiger partial charge in [0, 0.05) is 17.0 Å². The van der Waals surface area contributed by atoms with E-state index in [4.69, 9.17) is 0 Å². The second-order valence-corrected chi connectivity index (χ2v) is 7.13. The van der Waals surface area contributed by atoms with Crippen LogP contribution >= 0.6 is 11.3 Å². The molecule has 1 atom stereocenters. The lowest BCUT2D eigenvalue weighted by Crippen LogP contribution is -2.34. The van der Waals surface area contributed by atoms with Crippen molar-refractivity contribution in [2.24, 2.45) is 0 Å². The fraction of sp³-hybridized carbons (Fsp3) is 0.190. The van der Waals surface area contributed by atoms with Crippen molar-refractivity contribution in [3.05, 3.63) is 82.6 Å². The number of nitrogens with zero attached hydrogens (tertiary/aromatic N) is 1. The molecule has 0 aliphatic rings. The Morgan fingerprint density at radius 2 is 1.64 bits per heavy atom.